The van der Waals surface area contributed by atoms with Crippen LogP contribution in [0.3, 0.4) is 0 Å². The van der Waals surface area contributed by atoms with E-state index in [0.29, 0.717) is 26.1 Å². The van der Waals surface area contributed by atoms with E-state index in [9.17, 15) is 4.79 Å². The average Bonchev–Trinajstić information content (AvgIpc) is 2.96. The molecule has 2 rings (SSSR count). The third kappa shape index (κ3) is 4.18. The highest BCUT2D eigenvalue weighted by Gasteiger charge is 2.02. The van der Waals surface area contributed by atoms with Crippen molar-refractivity contribution in [1.82, 2.24) is 20.3 Å². The van der Waals surface area contributed by atoms with Gasteiger partial charge in [-0.15, -0.1) is 5.10 Å². The summed E-state index contributed by atoms with van der Waals surface area (Å²) in [5, 5.41) is 10.3. The Labute approximate surface area is 111 Å². The molecule has 3 N–H and O–H groups in total. The molecule has 0 saturated carbocycles. The molecular formula is C13H17N5O. The van der Waals surface area contributed by atoms with Gasteiger partial charge in [0.15, 0.2) is 0 Å². The number of aryl methyl sites for hydroxylation is 1. The van der Waals surface area contributed by atoms with Crippen LogP contribution in [0.5, 0.6) is 0 Å². The quantitative estimate of drug-likeness (QED) is 0.788. The summed E-state index contributed by atoms with van der Waals surface area (Å²) in [6.07, 6.45) is 3.72. The van der Waals surface area contributed by atoms with Crippen molar-refractivity contribution in [2.75, 3.05) is 0 Å². The number of hydrogen-bond donors (Lipinski definition) is 2. The minimum absolute atomic E-state index is 0.00148. The second-order valence-electron chi connectivity index (χ2n) is 4.21. The Morgan fingerprint density at radius 1 is 1.26 bits per heavy atom. The topological polar surface area (TPSA) is 85.8 Å². The average molecular weight is 259 g/mol. The number of amides is 1. The van der Waals surface area contributed by atoms with E-state index in [4.69, 9.17) is 5.73 Å². The van der Waals surface area contributed by atoms with Crippen molar-refractivity contribution in [3.8, 4) is 0 Å². The number of benzene rings is 1. The van der Waals surface area contributed by atoms with E-state index in [1.54, 1.807) is 17.1 Å². The lowest BCUT2D eigenvalue weighted by molar-refractivity contribution is -0.121. The monoisotopic (exact) mass is 259 g/mol. The zero-order chi connectivity index (χ0) is 13.5. The number of carbonyl (C=O) groups is 1. The standard InChI is InChI=1S/C13H17N5O/c14-9-11-1-3-12(4-2-11)10-15-13(19)5-7-18-8-6-16-17-18/h1-4,6,8H,5,7,9-10,14H2,(H,15,19). The highest BCUT2D eigenvalue weighted by molar-refractivity contribution is 5.75. The van der Waals surface area contributed by atoms with Crippen LogP contribution in [0.4, 0.5) is 0 Å². The molecule has 2 aromatic rings. The second-order valence-corrected chi connectivity index (χ2v) is 4.21. The predicted molar refractivity (Wildman–Crippen MR) is 70.8 cm³/mol. The van der Waals surface area contributed by atoms with Gasteiger partial charge in [-0.05, 0) is 11.1 Å². The van der Waals surface area contributed by atoms with Crippen LogP contribution < -0.4 is 11.1 Å². The SMILES string of the molecule is NCc1ccc(CNC(=O)CCn2ccnn2)cc1. The summed E-state index contributed by atoms with van der Waals surface area (Å²) in [5.41, 5.74) is 7.67. The Balaban J connectivity index is 1.73. The number of nitrogens with zero attached hydrogens (tertiary/aromatic N) is 3. The third-order valence-corrected chi connectivity index (χ3v) is 2.79. The number of carbonyl (C=O) groups excluding carboxylic acids is 1. The van der Waals surface area contributed by atoms with E-state index in [2.05, 4.69) is 15.6 Å². The molecule has 100 valence electrons. The van der Waals surface area contributed by atoms with Crippen LogP contribution in [-0.4, -0.2) is 20.9 Å². The van der Waals surface area contributed by atoms with E-state index in [1.165, 1.54) is 0 Å². The highest BCUT2D eigenvalue weighted by Crippen LogP contribution is 2.03. The van der Waals surface area contributed by atoms with Gasteiger partial charge in [-0.1, -0.05) is 29.5 Å². The van der Waals surface area contributed by atoms with Crippen LogP contribution >= 0.6 is 0 Å². The summed E-state index contributed by atoms with van der Waals surface area (Å²) < 4.78 is 1.63. The molecule has 0 radical (unpaired) electrons. The maximum absolute atomic E-state index is 11.6. The van der Waals surface area contributed by atoms with Crippen LogP contribution in [0.1, 0.15) is 17.5 Å². The van der Waals surface area contributed by atoms with E-state index < -0.39 is 0 Å². The van der Waals surface area contributed by atoms with E-state index >= 15 is 0 Å². The van der Waals surface area contributed by atoms with Crippen molar-refractivity contribution in [3.05, 3.63) is 47.8 Å². The normalized spacial score (nSPS) is 10.4. The van der Waals surface area contributed by atoms with E-state index in [-0.39, 0.29) is 5.91 Å². The molecule has 1 amide bonds. The Morgan fingerprint density at radius 3 is 2.63 bits per heavy atom. The van der Waals surface area contributed by atoms with Crippen LogP contribution in [0.15, 0.2) is 36.7 Å². The molecule has 6 nitrogen and oxygen atoms in total. The number of nitrogens with one attached hydrogen (secondary N) is 1. The maximum Gasteiger partial charge on any atom is 0.222 e. The summed E-state index contributed by atoms with van der Waals surface area (Å²) in [5.74, 6) is -0.00148. The van der Waals surface area contributed by atoms with Crippen LogP contribution in [0.25, 0.3) is 0 Å². The van der Waals surface area contributed by atoms with Gasteiger partial charge >= 0.3 is 0 Å². The van der Waals surface area contributed by atoms with Crippen molar-refractivity contribution < 1.29 is 4.79 Å². The molecule has 0 aliphatic rings. The van der Waals surface area contributed by atoms with Gasteiger partial charge < -0.3 is 11.1 Å². The fraction of sp³-hybridized carbons (Fsp3) is 0.308. The van der Waals surface area contributed by atoms with Gasteiger partial charge in [0.05, 0.1) is 12.7 Å². The first kappa shape index (κ1) is 13.2. The van der Waals surface area contributed by atoms with Gasteiger partial charge in [-0.25, -0.2) is 0 Å². The van der Waals surface area contributed by atoms with Crippen LogP contribution in [0.2, 0.25) is 0 Å². The molecular weight excluding hydrogens is 242 g/mol. The lowest BCUT2D eigenvalue weighted by Crippen LogP contribution is -2.24. The number of hydrogen-bond acceptors (Lipinski definition) is 4. The molecule has 0 aliphatic heterocycles. The number of rotatable bonds is 6. The lowest BCUT2D eigenvalue weighted by atomic mass is 10.1. The van der Waals surface area contributed by atoms with Gasteiger partial charge in [0, 0.05) is 25.7 Å². The van der Waals surface area contributed by atoms with Gasteiger partial charge in [0.1, 0.15) is 0 Å². The molecule has 1 heterocycles. The van der Waals surface area contributed by atoms with Crippen molar-refractivity contribution in [1.29, 1.82) is 0 Å². The van der Waals surface area contributed by atoms with Gasteiger partial charge in [-0.2, -0.15) is 0 Å². The Morgan fingerprint density at radius 2 is 2.00 bits per heavy atom. The zero-order valence-electron chi connectivity index (χ0n) is 10.6. The highest BCUT2D eigenvalue weighted by atomic mass is 16.1. The van der Waals surface area contributed by atoms with Gasteiger partial charge in [0.2, 0.25) is 5.91 Å². The minimum atomic E-state index is -0.00148. The third-order valence-electron chi connectivity index (χ3n) is 2.79. The Bertz CT molecular complexity index is 506. The van der Waals surface area contributed by atoms with Crippen molar-refractivity contribution in [2.45, 2.75) is 26.1 Å². The first-order valence-corrected chi connectivity index (χ1v) is 6.16. The van der Waals surface area contributed by atoms with Crippen molar-refractivity contribution in [3.63, 3.8) is 0 Å². The molecule has 1 aromatic carbocycles. The fourth-order valence-electron chi connectivity index (χ4n) is 1.65. The number of nitrogens with two attached hydrogens (primary N) is 1. The predicted octanol–water partition coefficient (Wildman–Crippen LogP) is 0.443. The van der Waals surface area contributed by atoms with Crippen LogP contribution in [-0.2, 0) is 24.4 Å². The summed E-state index contributed by atoms with van der Waals surface area (Å²) in [6, 6.07) is 7.88. The molecule has 0 aliphatic carbocycles. The fourth-order valence-corrected chi connectivity index (χ4v) is 1.65. The summed E-state index contributed by atoms with van der Waals surface area (Å²) in [6.45, 7) is 1.60. The molecule has 1 aromatic heterocycles. The Kier molecular flexibility index (Phi) is 4.63. The van der Waals surface area contributed by atoms with E-state index in [0.717, 1.165) is 11.1 Å². The second kappa shape index (κ2) is 6.65. The van der Waals surface area contributed by atoms with E-state index in [1.807, 2.05) is 24.3 Å². The largest absolute Gasteiger partial charge is 0.352 e. The van der Waals surface area contributed by atoms with Gasteiger partial charge in [-0.3, -0.25) is 9.48 Å². The first-order chi connectivity index (χ1) is 9.28. The molecule has 0 unspecified atom stereocenters. The molecule has 0 spiro atoms. The van der Waals surface area contributed by atoms with Gasteiger partial charge in [0.25, 0.3) is 0 Å². The molecule has 0 atom stereocenters. The molecule has 6 heteroatoms. The maximum atomic E-state index is 11.6. The summed E-state index contributed by atoms with van der Waals surface area (Å²) >= 11 is 0. The zero-order valence-corrected chi connectivity index (χ0v) is 10.6. The molecule has 0 fully saturated rings. The first-order valence-electron chi connectivity index (χ1n) is 6.16. The minimum Gasteiger partial charge on any atom is -0.352 e. The van der Waals surface area contributed by atoms with Crippen LogP contribution in [0, 0.1) is 0 Å². The smallest absolute Gasteiger partial charge is 0.222 e. The van der Waals surface area contributed by atoms with Crippen molar-refractivity contribution >= 4 is 5.91 Å². The Hall–Kier alpha value is -2.21. The summed E-state index contributed by atoms with van der Waals surface area (Å²) in [4.78, 5) is 11.6. The molecule has 0 saturated heterocycles. The molecule has 0 bridgehead atoms. The molecule has 19 heavy (non-hydrogen) atoms. The lowest BCUT2D eigenvalue weighted by Gasteiger charge is -2.06. The summed E-state index contributed by atoms with van der Waals surface area (Å²) in [7, 11) is 0. The van der Waals surface area contributed by atoms with Crippen molar-refractivity contribution in [2.24, 2.45) is 5.73 Å². The number of aromatic nitrogens is 3.